The van der Waals surface area contributed by atoms with Gasteiger partial charge in [0.05, 0.1) is 17.7 Å². The van der Waals surface area contributed by atoms with Crippen LogP contribution in [0.3, 0.4) is 0 Å². The Morgan fingerprint density at radius 1 is 1.40 bits per heavy atom. The van der Waals surface area contributed by atoms with E-state index in [0.717, 1.165) is 0 Å². The molecule has 1 rings (SSSR count). The zero-order valence-corrected chi connectivity index (χ0v) is 9.75. The van der Waals surface area contributed by atoms with E-state index in [-0.39, 0.29) is 11.3 Å². The number of nitriles is 1. The van der Waals surface area contributed by atoms with Crippen molar-refractivity contribution >= 4 is 11.6 Å². The number of pyridine rings is 1. The maximum absolute atomic E-state index is 8.74. The second kappa shape index (κ2) is 4.99. The molecule has 0 saturated carbocycles. The van der Waals surface area contributed by atoms with Crippen LogP contribution < -0.4 is 4.74 Å². The van der Waals surface area contributed by atoms with Gasteiger partial charge in [-0.05, 0) is 18.9 Å². The normalized spacial score (nSPS) is 12.3. The van der Waals surface area contributed by atoms with Crippen molar-refractivity contribution in [2.75, 3.05) is 0 Å². The van der Waals surface area contributed by atoms with Gasteiger partial charge in [0.1, 0.15) is 5.15 Å². The molecular formula is C11H13ClN2O. The van der Waals surface area contributed by atoms with Crippen LogP contribution in [0.15, 0.2) is 12.1 Å². The Morgan fingerprint density at radius 3 is 2.60 bits per heavy atom. The van der Waals surface area contributed by atoms with Gasteiger partial charge in [0.2, 0.25) is 5.88 Å². The first-order valence-electron chi connectivity index (χ1n) is 4.77. The fourth-order valence-corrected chi connectivity index (χ4v) is 1.13. The van der Waals surface area contributed by atoms with Gasteiger partial charge in [-0.3, -0.25) is 0 Å². The van der Waals surface area contributed by atoms with E-state index >= 15 is 0 Å². The fraction of sp³-hybridized carbons (Fsp3) is 0.455. The van der Waals surface area contributed by atoms with E-state index in [1.165, 1.54) is 6.07 Å². The van der Waals surface area contributed by atoms with Crippen molar-refractivity contribution in [2.24, 2.45) is 5.92 Å². The van der Waals surface area contributed by atoms with E-state index in [2.05, 4.69) is 18.8 Å². The van der Waals surface area contributed by atoms with Crippen molar-refractivity contribution in [1.82, 2.24) is 4.98 Å². The molecule has 3 nitrogen and oxygen atoms in total. The molecule has 0 saturated heterocycles. The maximum atomic E-state index is 8.74. The van der Waals surface area contributed by atoms with Crippen LogP contribution in [0.25, 0.3) is 0 Å². The summed E-state index contributed by atoms with van der Waals surface area (Å²) in [5.41, 5.74) is 0.459. The first-order chi connectivity index (χ1) is 7.02. The van der Waals surface area contributed by atoms with Gasteiger partial charge in [0, 0.05) is 6.07 Å². The minimum atomic E-state index is 0.0440. The lowest BCUT2D eigenvalue weighted by Gasteiger charge is -2.17. The molecule has 1 atom stereocenters. The summed E-state index contributed by atoms with van der Waals surface area (Å²) < 4.78 is 5.55. The van der Waals surface area contributed by atoms with Crippen LogP contribution in [-0.2, 0) is 0 Å². The highest BCUT2D eigenvalue weighted by molar-refractivity contribution is 6.29. The molecule has 0 fully saturated rings. The summed E-state index contributed by atoms with van der Waals surface area (Å²) in [7, 11) is 0. The van der Waals surface area contributed by atoms with Crippen molar-refractivity contribution in [1.29, 1.82) is 5.26 Å². The lowest BCUT2D eigenvalue weighted by Crippen LogP contribution is -2.19. The summed E-state index contributed by atoms with van der Waals surface area (Å²) in [5, 5.41) is 9.02. The molecule has 0 aliphatic carbocycles. The second-order valence-electron chi connectivity index (χ2n) is 3.70. The number of hydrogen-bond donors (Lipinski definition) is 0. The number of ether oxygens (including phenoxy) is 1. The molecule has 80 valence electrons. The summed E-state index contributed by atoms with van der Waals surface area (Å²) in [6, 6.07) is 5.10. The first-order valence-corrected chi connectivity index (χ1v) is 5.15. The zero-order chi connectivity index (χ0) is 11.4. The van der Waals surface area contributed by atoms with Gasteiger partial charge in [-0.25, -0.2) is 4.98 Å². The maximum Gasteiger partial charge on any atom is 0.216 e. The van der Waals surface area contributed by atoms with E-state index in [1.807, 2.05) is 13.0 Å². The fourth-order valence-electron chi connectivity index (χ4n) is 0.924. The third-order valence-electron chi connectivity index (χ3n) is 2.15. The summed E-state index contributed by atoms with van der Waals surface area (Å²) >= 11 is 5.75. The van der Waals surface area contributed by atoms with Crippen molar-refractivity contribution < 1.29 is 4.74 Å². The Bertz CT molecular complexity index is 385. The molecule has 0 N–H and O–H groups in total. The predicted molar refractivity (Wildman–Crippen MR) is 58.9 cm³/mol. The average molecular weight is 225 g/mol. The summed E-state index contributed by atoms with van der Waals surface area (Å²) in [5.74, 6) is 0.788. The molecule has 15 heavy (non-hydrogen) atoms. The molecular weight excluding hydrogens is 212 g/mol. The monoisotopic (exact) mass is 224 g/mol. The molecule has 0 aliphatic rings. The van der Waals surface area contributed by atoms with Crippen LogP contribution in [0.4, 0.5) is 0 Å². The van der Waals surface area contributed by atoms with Crippen molar-refractivity contribution in [3.8, 4) is 11.9 Å². The summed E-state index contributed by atoms with van der Waals surface area (Å²) in [6.07, 6.45) is 0.0440. The Labute approximate surface area is 94.7 Å². The van der Waals surface area contributed by atoms with Crippen LogP contribution in [0.1, 0.15) is 26.3 Å². The minimum absolute atomic E-state index is 0.0440. The highest BCUT2D eigenvalue weighted by Gasteiger charge is 2.10. The van der Waals surface area contributed by atoms with E-state index in [0.29, 0.717) is 17.4 Å². The summed E-state index contributed by atoms with van der Waals surface area (Å²) in [6.45, 7) is 6.07. The average Bonchev–Trinajstić information content (AvgIpc) is 2.16. The van der Waals surface area contributed by atoms with Crippen molar-refractivity contribution in [3.63, 3.8) is 0 Å². The van der Waals surface area contributed by atoms with Gasteiger partial charge in [-0.2, -0.15) is 5.26 Å². The Hall–Kier alpha value is -1.27. The van der Waals surface area contributed by atoms with Gasteiger partial charge >= 0.3 is 0 Å². The highest BCUT2D eigenvalue weighted by Crippen LogP contribution is 2.18. The Kier molecular flexibility index (Phi) is 3.93. The minimum Gasteiger partial charge on any atom is -0.474 e. The van der Waals surface area contributed by atoms with E-state index < -0.39 is 0 Å². The van der Waals surface area contributed by atoms with Gasteiger partial charge < -0.3 is 4.74 Å². The molecule has 0 spiro atoms. The molecule has 0 bridgehead atoms. The summed E-state index contributed by atoms with van der Waals surface area (Å²) in [4.78, 5) is 4.00. The quantitative estimate of drug-likeness (QED) is 0.742. The van der Waals surface area contributed by atoms with Gasteiger partial charge in [-0.15, -0.1) is 0 Å². The highest BCUT2D eigenvalue weighted by atomic mass is 35.5. The molecule has 0 radical (unpaired) electrons. The van der Waals surface area contributed by atoms with Gasteiger partial charge in [0.25, 0.3) is 0 Å². The first kappa shape index (κ1) is 11.8. The van der Waals surface area contributed by atoms with Crippen LogP contribution in [-0.4, -0.2) is 11.1 Å². The standard InChI is InChI=1S/C11H13ClN2O/c1-7(2)8(3)15-11-5-9(6-13)4-10(12)14-11/h4-5,7-8H,1-3H3. The molecule has 1 aromatic rings. The SMILES string of the molecule is CC(C)C(C)Oc1cc(C#N)cc(Cl)n1. The largest absolute Gasteiger partial charge is 0.474 e. The van der Waals surface area contributed by atoms with Crippen LogP contribution in [0, 0.1) is 17.2 Å². The predicted octanol–water partition coefficient (Wildman–Crippen LogP) is 3.03. The lowest BCUT2D eigenvalue weighted by molar-refractivity contribution is 0.163. The van der Waals surface area contributed by atoms with Crippen molar-refractivity contribution in [2.45, 2.75) is 26.9 Å². The number of hydrogen-bond acceptors (Lipinski definition) is 3. The zero-order valence-electron chi connectivity index (χ0n) is 8.99. The van der Waals surface area contributed by atoms with E-state index in [4.69, 9.17) is 21.6 Å². The molecule has 1 heterocycles. The third-order valence-corrected chi connectivity index (χ3v) is 2.34. The topological polar surface area (TPSA) is 45.9 Å². The van der Waals surface area contributed by atoms with Crippen molar-refractivity contribution in [3.05, 3.63) is 22.8 Å². The lowest BCUT2D eigenvalue weighted by atomic mass is 10.1. The molecule has 1 unspecified atom stereocenters. The van der Waals surface area contributed by atoms with E-state index in [9.17, 15) is 0 Å². The third kappa shape index (κ3) is 3.41. The molecule has 0 amide bonds. The molecule has 0 aliphatic heterocycles. The van der Waals surface area contributed by atoms with Gasteiger partial charge in [-0.1, -0.05) is 25.4 Å². The molecule has 1 aromatic heterocycles. The Balaban J connectivity index is 2.87. The number of nitrogens with zero attached hydrogens (tertiary/aromatic N) is 2. The smallest absolute Gasteiger partial charge is 0.216 e. The Morgan fingerprint density at radius 2 is 2.07 bits per heavy atom. The van der Waals surface area contributed by atoms with Crippen LogP contribution in [0.2, 0.25) is 5.15 Å². The molecule has 4 heteroatoms. The van der Waals surface area contributed by atoms with Crippen LogP contribution in [0.5, 0.6) is 5.88 Å². The number of aromatic nitrogens is 1. The number of rotatable bonds is 3. The second-order valence-corrected chi connectivity index (χ2v) is 4.08. The van der Waals surface area contributed by atoms with Gasteiger partial charge in [0.15, 0.2) is 0 Å². The molecule has 0 aromatic carbocycles. The van der Waals surface area contributed by atoms with E-state index in [1.54, 1.807) is 6.07 Å². The number of halogens is 1. The van der Waals surface area contributed by atoms with Crippen LogP contribution >= 0.6 is 11.6 Å².